The number of aromatic hydroxyl groups is 1. The number of nitrogens with one attached hydrogen (secondary N) is 2. The Balaban J connectivity index is 2.13. The molecule has 0 fully saturated rings. The molecule has 0 aromatic heterocycles. The lowest BCUT2D eigenvalue weighted by atomic mass is 10.0. The van der Waals surface area contributed by atoms with E-state index in [9.17, 15) is 14.7 Å². The number of hydrogen-bond acceptors (Lipinski definition) is 5. The Morgan fingerprint density at radius 2 is 1.97 bits per heavy atom. The highest BCUT2D eigenvalue weighted by atomic mass is 35.5. The largest absolute Gasteiger partial charge is 0.504 e. The molecule has 2 rings (SSSR count). The van der Waals surface area contributed by atoms with E-state index in [1.165, 1.54) is 25.5 Å². The normalized spacial score (nSPS) is 11.9. The fraction of sp³-hybridized carbons (Fsp3) is 0.261. The van der Waals surface area contributed by atoms with Gasteiger partial charge in [-0.25, -0.2) is 5.43 Å². The molecule has 0 bridgehead atoms. The third kappa shape index (κ3) is 6.48. The Morgan fingerprint density at radius 1 is 1.25 bits per heavy atom. The van der Waals surface area contributed by atoms with E-state index in [-0.39, 0.29) is 28.0 Å². The fourth-order valence-corrected chi connectivity index (χ4v) is 3.39. The van der Waals surface area contributed by atoms with Gasteiger partial charge in [-0.3, -0.25) is 9.59 Å². The van der Waals surface area contributed by atoms with Gasteiger partial charge in [-0.15, -0.1) is 6.58 Å². The molecule has 1 unspecified atom stereocenters. The number of ether oxygens (including phenoxy) is 1. The molecular formula is C23H25Cl2N3O4. The van der Waals surface area contributed by atoms with Crippen molar-refractivity contribution in [2.75, 3.05) is 7.11 Å². The minimum Gasteiger partial charge on any atom is -0.504 e. The van der Waals surface area contributed by atoms with Crippen molar-refractivity contribution in [2.24, 2.45) is 11.0 Å². The third-order valence-corrected chi connectivity index (χ3v) is 5.11. The number of hydrogen-bond donors (Lipinski definition) is 3. The first-order valence-corrected chi connectivity index (χ1v) is 10.5. The van der Waals surface area contributed by atoms with Crippen LogP contribution in [0.1, 0.15) is 35.3 Å². The van der Waals surface area contributed by atoms with Crippen LogP contribution >= 0.6 is 23.2 Å². The van der Waals surface area contributed by atoms with E-state index in [4.69, 9.17) is 27.9 Å². The average molecular weight is 478 g/mol. The van der Waals surface area contributed by atoms with Crippen molar-refractivity contribution in [1.82, 2.24) is 10.7 Å². The number of phenolic OH excluding ortho intramolecular Hbond substituents is 1. The van der Waals surface area contributed by atoms with E-state index < -0.39 is 17.9 Å². The topological polar surface area (TPSA) is 100 Å². The van der Waals surface area contributed by atoms with Crippen molar-refractivity contribution in [3.8, 4) is 11.5 Å². The number of halogens is 2. The van der Waals surface area contributed by atoms with Crippen molar-refractivity contribution in [2.45, 2.75) is 26.3 Å². The molecule has 0 heterocycles. The van der Waals surface area contributed by atoms with Gasteiger partial charge in [0.05, 0.1) is 23.9 Å². The molecule has 1 atom stereocenters. The monoisotopic (exact) mass is 477 g/mol. The van der Waals surface area contributed by atoms with Crippen LogP contribution in [0.2, 0.25) is 10.0 Å². The lowest BCUT2D eigenvalue weighted by molar-refractivity contribution is -0.123. The summed E-state index contributed by atoms with van der Waals surface area (Å²) in [7, 11) is 1.44. The van der Waals surface area contributed by atoms with Crippen molar-refractivity contribution < 1.29 is 19.4 Å². The van der Waals surface area contributed by atoms with Crippen LogP contribution in [0.3, 0.4) is 0 Å². The van der Waals surface area contributed by atoms with E-state index in [1.54, 1.807) is 38.1 Å². The van der Waals surface area contributed by atoms with Crippen LogP contribution in [0.4, 0.5) is 0 Å². The van der Waals surface area contributed by atoms with Gasteiger partial charge < -0.3 is 15.2 Å². The van der Waals surface area contributed by atoms with Crippen LogP contribution in [0.15, 0.2) is 48.1 Å². The lowest BCUT2D eigenvalue weighted by Crippen LogP contribution is -2.48. The zero-order valence-corrected chi connectivity index (χ0v) is 19.5. The summed E-state index contributed by atoms with van der Waals surface area (Å²) in [5.74, 6) is -0.900. The maximum Gasteiger partial charge on any atom is 0.262 e. The summed E-state index contributed by atoms with van der Waals surface area (Å²) in [6.07, 6.45) is 3.51. The predicted octanol–water partition coefficient (Wildman–Crippen LogP) is 4.34. The van der Waals surface area contributed by atoms with Gasteiger partial charge in [0.1, 0.15) is 6.04 Å². The molecule has 0 radical (unpaired) electrons. The lowest BCUT2D eigenvalue weighted by Gasteiger charge is -2.20. The van der Waals surface area contributed by atoms with Crippen LogP contribution in [0.5, 0.6) is 11.5 Å². The summed E-state index contributed by atoms with van der Waals surface area (Å²) in [5.41, 5.74) is 3.86. The minimum atomic E-state index is -0.850. The highest BCUT2D eigenvalue weighted by molar-refractivity contribution is 6.36. The second-order valence-electron chi connectivity index (χ2n) is 7.28. The summed E-state index contributed by atoms with van der Waals surface area (Å²) in [6.45, 7) is 7.26. The van der Waals surface area contributed by atoms with Crippen LogP contribution in [0, 0.1) is 5.92 Å². The number of allylic oxidation sites excluding steroid dienone is 1. The van der Waals surface area contributed by atoms with Gasteiger partial charge in [-0.05, 0) is 48.2 Å². The number of rotatable bonds is 9. The molecular weight excluding hydrogens is 453 g/mol. The van der Waals surface area contributed by atoms with Crippen LogP contribution in [-0.2, 0) is 11.2 Å². The molecule has 3 N–H and O–H groups in total. The second kappa shape index (κ2) is 11.5. The van der Waals surface area contributed by atoms with E-state index in [2.05, 4.69) is 22.4 Å². The van der Waals surface area contributed by atoms with E-state index in [1.807, 2.05) is 0 Å². The highest BCUT2D eigenvalue weighted by Gasteiger charge is 2.25. The molecule has 32 heavy (non-hydrogen) atoms. The molecule has 7 nitrogen and oxygen atoms in total. The minimum absolute atomic E-state index is 0.0250. The summed E-state index contributed by atoms with van der Waals surface area (Å²) in [5, 5.41) is 17.4. The van der Waals surface area contributed by atoms with E-state index in [0.29, 0.717) is 22.6 Å². The maximum atomic E-state index is 12.7. The number of benzene rings is 2. The Morgan fingerprint density at radius 3 is 2.56 bits per heavy atom. The van der Waals surface area contributed by atoms with Gasteiger partial charge >= 0.3 is 0 Å². The van der Waals surface area contributed by atoms with Crippen molar-refractivity contribution in [1.29, 1.82) is 0 Å². The quantitative estimate of drug-likeness (QED) is 0.284. The highest BCUT2D eigenvalue weighted by Crippen LogP contribution is 2.31. The van der Waals surface area contributed by atoms with Gasteiger partial charge in [0.15, 0.2) is 11.5 Å². The molecule has 2 aromatic carbocycles. The third-order valence-electron chi connectivity index (χ3n) is 4.56. The van der Waals surface area contributed by atoms with Gasteiger partial charge in [0.2, 0.25) is 0 Å². The number of carbonyl (C=O) groups excluding carboxylic acids is 2. The fourth-order valence-electron chi connectivity index (χ4n) is 2.90. The number of phenols is 1. The molecule has 0 spiro atoms. The SMILES string of the molecule is C=CCc1cc(C=NNC(=O)C(NC(=O)c2ccc(Cl)cc2Cl)C(C)C)cc(OC)c1O. The standard InChI is InChI=1S/C23H25Cl2N3O4/c1-5-6-15-9-14(10-19(32-4)21(15)29)12-26-28-23(31)20(13(2)3)27-22(30)17-8-7-16(24)11-18(17)25/h5,7-13,20,29H,1,6H2,2-4H3,(H,27,30)(H,28,31). The maximum absolute atomic E-state index is 12.7. The molecule has 9 heteroatoms. The Hall–Kier alpha value is -3.03. The van der Waals surface area contributed by atoms with E-state index >= 15 is 0 Å². The molecule has 0 saturated heterocycles. The molecule has 0 saturated carbocycles. The Kier molecular flexibility index (Phi) is 9.11. The first-order valence-electron chi connectivity index (χ1n) is 9.77. The first-order chi connectivity index (χ1) is 15.2. The molecule has 170 valence electrons. The van der Waals surface area contributed by atoms with Crippen LogP contribution in [-0.4, -0.2) is 36.3 Å². The smallest absolute Gasteiger partial charge is 0.262 e. The predicted molar refractivity (Wildman–Crippen MR) is 127 cm³/mol. The average Bonchev–Trinajstić information content (AvgIpc) is 2.73. The first kappa shape index (κ1) is 25.2. The number of carbonyl (C=O) groups is 2. The molecule has 0 aliphatic rings. The van der Waals surface area contributed by atoms with Crippen molar-refractivity contribution in [3.63, 3.8) is 0 Å². The van der Waals surface area contributed by atoms with Gasteiger partial charge in [-0.1, -0.05) is 43.1 Å². The second-order valence-corrected chi connectivity index (χ2v) is 8.12. The summed E-state index contributed by atoms with van der Waals surface area (Å²) < 4.78 is 5.17. The number of nitrogens with zero attached hydrogens (tertiary/aromatic N) is 1. The zero-order valence-electron chi connectivity index (χ0n) is 18.0. The molecule has 0 aliphatic carbocycles. The van der Waals surface area contributed by atoms with Crippen molar-refractivity contribution >= 4 is 41.2 Å². The van der Waals surface area contributed by atoms with Gasteiger partial charge in [0.25, 0.3) is 11.8 Å². The van der Waals surface area contributed by atoms with Crippen LogP contribution in [0.25, 0.3) is 0 Å². The number of methoxy groups -OCH3 is 1. The summed E-state index contributed by atoms with van der Waals surface area (Å²) in [6, 6.07) is 6.94. The van der Waals surface area contributed by atoms with E-state index in [0.717, 1.165) is 0 Å². The Labute approximate surface area is 197 Å². The molecule has 2 aromatic rings. The molecule has 2 amide bonds. The van der Waals surface area contributed by atoms with Crippen LogP contribution < -0.4 is 15.5 Å². The molecule has 0 aliphatic heterocycles. The van der Waals surface area contributed by atoms with Gasteiger partial charge in [0, 0.05) is 10.6 Å². The number of amides is 2. The summed E-state index contributed by atoms with van der Waals surface area (Å²) >= 11 is 12.0. The summed E-state index contributed by atoms with van der Waals surface area (Å²) in [4.78, 5) is 25.2. The Bertz CT molecular complexity index is 1040. The van der Waals surface area contributed by atoms with Gasteiger partial charge in [-0.2, -0.15) is 5.10 Å². The number of hydrazone groups is 1. The van der Waals surface area contributed by atoms with Crippen molar-refractivity contribution in [3.05, 3.63) is 69.7 Å². The zero-order chi connectivity index (χ0) is 23.8.